The molecule has 0 saturated heterocycles. The lowest BCUT2D eigenvalue weighted by Crippen LogP contribution is -1.85. The summed E-state index contributed by atoms with van der Waals surface area (Å²) in [7, 11) is 0. The van der Waals surface area contributed by atoms with Crippen molar-refractivity contribution in [2.45, 2.75) is 0 Å². The van der Waals surface area contributed by atoms with Gasteiger partial charge in [-0.3, -0.25) is 0 Å². The molecule has 2 aliphatic rings. The van der Waals surface area contributed by atoms with Crippen molar-refractivity contribution in [1.82, 2.24) is 0 Å². The van der Waals surface area contributed by atoms with E-state index in [1.54, 1.807) is 0 Å². The molecule has 16 heavy (non-hydrogen) atoms. The van der Waals surface area contributed by atoms with Crippen LogP contribution in [-0.2, 0) is 0 Å². The molecule has 0 fully saturated rings. The molecule has 1 aromatic rings. The van der Waals surface area contributed by atoms with E-state index in [4.69, 9.17) is 0 Å². The minimum atomic E-state index is 1.17. The Labute approximate surface area is 97.3 Å². The van der Waals surface area contributed by atoms with Crippen LogP contribution in [0.25, 0.3) is 17.2 Å². The molecule has 0 amide bonds. The predicted molar refractivity (Wildman–Crippen MR) is 71.9 cm³/mol. The van der Waals surface area contributed by atoms with Crippen molar-refractivity contribution in [1.29, 1.82) is 0 Å². The average Bonchev–Trinajstić information content (AvgIpc) is 2.38. The molecule has 0 unspecified atom stereocenters. The molecule has 0 heteroatoms. The van der Waals surface area contributed by atoms with E-state index in [0.29, 0.717) is 0 Å². The van der Waals surface area contributed by atoms with Crippen LogP contribution in [0.2, 0.25) is 0 Å². The minimum Gasteiger partial charge on any atom is -0.124 e. The summed E-state index contributed by atoms with van der Waals surface area (Å²) in [5.74, 6) is 0. The lowest BCUT2D eigenvalue weighted by molar-refractivity contribution is 1.55. The van der Waals surface area contributed by atoms with Crippen molar-refractivity contribution in [2.75, 3.05) is 0 Å². The number of benzene rings is 2. The van der Waals surface area contributed by atoms with Crippen LogP contribution in [0.15, 0.2) is 61.2 Å². The van der Waals surface area contributed by atoms with Crippen LogP contribution in [0.4, 0.5) is 0 Å². The Bertz CT molecular complexity index is 425. The van der Waals surface area contributed by atoms with E-state index in [0.717, 1.165) is 0 Å². The van der Waals surface area contributed by atoms with Gasteiger partial charge in [0.2, 0.25) is 0 Å². The largest absolute Gasteiger partial charge is 0.124 e. The normalized spacial score (nSPS) is 8.62. The van der Waals surface area contributed by atoms with Crippen LogP contribution in [0.1, 0.15) is 5.56 Å². The molecule has 0 bridgehead atoms. The third-order valence-electron chi connectivity index (χ3n) is 2.25. The van der Waals surface area contributed by atoms with Crippen molar-refractivity contribution in [3.05, 3.63) is 66.7 Å². The molecule has 2 aliphatic carbocycles. The van der Waals surface area contributed by atoms with Gasteiger partial charge in [-0.2, -0.15) is 0 Å². The Kier molecular flexibility index (Phi) is 4.63. The zero-order chi connectivity index (χ0) is 11.8. The summed E-state index contributed by atoms with van der Waals surface area (Å²) < 4.78 is 0. The fraction of sp³-hybridized carbons (Fsp3) is 0. The van der Waals surface area contributed by atoms with E-state index in [9.17, 15) is 0 Å². The SMILES string of the molecule is C#C.C=Cc1ccccc1.c1cc2ccc1-2. The molecule has 0 heterocycles. The number of hydrogen-bond donors (Lipinski definition) is 0. The van der Waals surface area contributed by atoms with E-state index in [2.05, 4.69) is 43.7 Å². The van der Waals surface area contributed by atoms with Gasteiger partial charge in [0.1, 0.15) is 0 Å². The topological polar surface area (TPSA) is 0 Å². The van der Waals surface area contributed by atoms with Crippen LogP contribution in [-0.4, -0.2) is 0 Å². The third kappa shape index (κ3) is 2.87. The summed E-state index contributed by atoms with van der Waals surface area (Å²) >= 11 is 0. The van der Waals surface area contributed by atoms with E-state index >= 15 is 0 Å². The van der Waals surface area contributed by atoms with Gasteiger partial charge in [-0.25, -0.2) is 0 Å². The molecule has 1 aromatic carbocycles. The molecule has 0 N–H and O–H groups in total. The Morgan fingerprint density at radius 1 is 0.750 bits per heavy atom. The number of rotatable bonds is 1. The van der Waals surface area contributed by atoms with Gasteiger partial charge >= 0.3 is 0 Å². The first-order valence-electron chi connectivity index (χ1n) is 5.01. The maximum atomic E-state index is 4.00. The highest BCUT2D eigenvalue weighted by Crippen LogP contribution is 2.29. The predicted octanol–water partition coefficient (Wildman–Crippen LogP) is 4.25. The Morgan fingerprint density at radius 3 is 1.38 bits per heavy atom. The Balaban J connectivity index is 0.000000142. The van der Waals surface area contributed by atoms with E-state index in [1.165, 1.54) is 16.7 Å². The second-order valence-electron chi connectivity index (χ2n) is 3.19. The highest BCUT2D eigenvalue weighted by molar-refractivity contribution is 5.75. The fourth-order valence-electron chi connectivity index (χ4n) is 1.25. The molecule has 0 atom stereocenters. The van der Waals surface area contributed by atoms with Gasteiger partial charge in [-0.15, -0.1) is 12.8 Å². The van der Waals surface area contributed by atoms with Gasteiger partial charge < -0.3 is 0 Å². The van der Waals surface area contributed by atoms with E-state index in [-0.39, 0.29) is 0 Å². The lowest BCUT2D eigenvalue weighted by Gasteiger charge is -2.10. The van der Waals surface area contributed by atoms with Gasteiger partial charge in [0.25, 0.3) is 0 Å². The molecule has 0 nitrogen and oxygen atoms in total. The standard InChI is InChI=1S/C8H8.C6H4.C2H2/c1-2-8-6-4-3-5-7-8;1-2-6-4-3-5(1)6;1-2/h2-7H,1H2;1-4H;1-2H. The molecular formula is C16H14. The molecule has 0 radical (unpaired) electrons. The van der Waals surface area contributed by atoms with Gasteiger partial charge in [-0.1, -0.05) is 67.3 Å². The van der Waals surface area contributed by atoms with Crippen LogP contribution in [0.3, 0.4) is 0 Å². The van der Waals surface area contributed by atoms with E-state index < -0.39 is 0 Å². The minimum absolute atomic E-state index is 1.17. The highest BCUT2D eigenvalue weighted by atomic mass is 14.1. The van der Waals surface area contributed by atoms with Crippen LogP contribution < -0.4 is 0 Å². The molecule has 0 spiro atoms. The summed E-state index contributed by atoms with van der Waals surface area (Å²) in [5, 5.41) is 0. The average molecular weight is 206 g/mol. The third-order valence-corrected chi connectivity index (χ3v) is 2.25. The van der Waals surface area contributed by atoms with Crippen LogP contribution in [0, 0.1) is 12.8 Å². The smallest absolute Gasteiger partial charge is 0.0184 e. The molecular weight excluding hydrogens is 192 g/mol. The molecule has 3 rings (SSSR count). The molecule has 0 aromatic heterocycles. The second-order valence-corrected chi connectivity index (χ2v) is 3.19. The Morgan fingerprint density at radius 2 is 1.19 bits per heavy atom. The van der Waals surface area contributed by atoms with Crippen LogP contribution in [0.5, 0.6) is 0 Å². The molecule has 0 aliphatic heterocycles. The first-order valence-corrected chi connectivity index (χ1v) is 5.01. The summed E-state index contributed by atoms with van der Waals surface area (Å²) in [6.45, 7) is 3.63. The zero-order valence-electron chi connectivity index (χ0n) is 9.14. The van der Waals surface area contributed by atoms with E-state index in [1.807, 2.05) is 36.4 Å². The van der Waals surface area contributed by atoms with Crippen molar-refractivity contribution in [3.8, 4) is 24.0 Å². The maximum absolute atomic E-state index is 4.00. The molecule has 0 saturated carbocycles. The highest BCUT2D eigenvalue weighted by Gasteiger charge is 2.03. The van der Waals surface area contributed by atoms with Crippen LogP contribution >= 0.6 is 0 Å². The lowest BCUT2D eigenvalue weighted by atomic mass is 9.95. The van der Waals surface area contributed by atoms with Crippen molar-refractivity contribution >= 4 is 6.08 Å². The monoisotopic (exact) mass is 206 g/mol. The zero-order valence-corrected chi connectivity index (χ0v) is 9.14. The summed E-state index contributed by atoms with van der Waals surface area (Å²) in [6, 6.07) is 18.5. The van der Waals surface area contributed by atoms with Gasteiger partial charge in [-0.05, 0) is 16.7 Å². The van der Waals surface area contributed by atoms with Gasteiger partial charge in [0, 0.05) is 0 Å². The van der Waals surface area contributed by atoms with Crippen molar-refractivity contribution < 1.29 is 0 Å². The summed E-state index contributed by atoms with van der Waals surface area (Å²) in [4.78, 5) is 0. The fourth-order valence-corrected chi connectivity index (χ4v) is 1.25. The number of fused-ring (bicyclic) bond motifs is 1. The van der Waals surface area contributed by atoms with Crippen molar-refractivity contribution in [3.63, 3.8) is 0 Å². The van der Waals surface area contributed by atoms with Gasteiger partial charge in [0.05, 0.1) is 0 Å². The quantitative estimate of drug-likeness (QED) is 0.522. The molecule has 78 valence electrons. The maximum Gasteiger partial charge on any atom is -0.0184 e. The summed E-state index contributed by atoms with van der Waals surface area (Å²) in [6.07, 6.45) is 9.83. The number of hydrogen-bond acceptors (Lipinski definition) is 0. The number of terminal acetylenes is 1. The first-order chi connectivity index (χ1) is 7.90. The summed E-state index contributed by atoms with van der Waals surface area (Å²) in [5.41, 5.74) is 4.03. The second kappa shape index (κ2) is 6.27. The Hall–Kier alpha value is -2.26. The van der Waals surface area contributed by atoms with Gasteiger partial charge in [0.15, 0.2) is 0 Å². The first kappa shape index (κ1) is 11.8. The van der Waals surface area contributed by atoms with Crippen molar-refractivity contribution in [2.24, 2.45) is 0 Å².